The number of hydrogen-bond acceptors (Lipinski definition) is 3. The minimum atomic E-state index is -0.380. The van der Waals surface area contributed by atoms with Gasteiger partial charge >= 0.3 is 0 Å². The SMILES string of the molecule is CCCCCN(CCC)C1COc2c(F)ccc(O)c2C1.Cl. The minimum Gasteiger partial charge on any atom is -0.508 e. The molecule has 0 aliphatic carbocycles. The molecule has 1 aliphatic heterocycles. The Morgan fingerprint density at radius 2 is 2.00 bits per heavy atom. The molecule has 1 aliphatic rings. The van der Waals surface area contributed by atoms with Crippen LogP contribution in [0.1, 0.15) is 45.1 Å². The molecule has 0 saturated heterocycles. The number of halogens is 2. The van der Waals surface area contributed by atoms with Crippen molar-refractivity contribution in [1.82, 2.24) is 4.90 Å². The highest BCUT2D eigenvalue weighted by Gasteiger charge is 2.28. The Balaban J connectivity index is 0.00000242. The predicted molar refractivity (Wildman–Crippen MR) is 89.7 cm³/mol. The van der Waals surface area contributed by atoms with Crippen LogP contribution in [0.4, 0.5) is 4.39 Å². The van der Waals surface area contributed by atoms with Gasteiger partial charge in [-0.3, -0.25) is 4.90 Å². The van der Waals surface area contributed by atoms with Gasteiger partial charge < -0.3 is 9.84 Å². The first-order chi connectivity index (χ1) is 10.2. The maximum absolute atomic E-state index is 13.7. The van der Waals surface area contributed by atoms with Crippen molar-refractivity contribution < 1.29 is 14.2 Å². The molecule has 0 spiro atoms. The van der Waals surface area contributed by atoms with E-state index in [4.69, 9.17) is 4.74 Å². The number of benzene rings is 1. The molecule has 5 heteroatoms. The van der Waals surface area contributed by atoms with Crippen LogP contribution in [-0.4, -0.2) is 35.7 Å². The monoisotopic (exact) mass is 331 g/mol. The number of phenols is 1. The smallest absolute Gasteiger partial charge is 0.165 e. The first-order valence-corrected chi connectivity index (χ1v) is 8.04. The molecule has 0 aromatic heterocycles. The molecule has 0 saturated carbocycles. The van der Waals surface area contributed by atoms with Crippen LogP contribution >= 0.6 is 12.4 Å². The Labute approximate surface area is 138 Å². The average molecular weight is 332 g/mol. The van der Waals surface area contributed by atoms with Crippen LogP contribution in [-0.2, 0) is 6.42 Å². The summed E-state index contributed by atoms with van der Waals surface area (Å²) in [7, 11) is 0. The summed E-state index contributed by atoms with van der Waals surface area (Å²) in [6.07, 6.45) is 5.35. The topological polar surface area (TPSA) is 32.7 Å². The van der Waals surface area contributed by atoms with Crippen LogP contribution in [0, 0.1) is 5.82 Å². The van der Waals surface area contributed by atoms with Gasteiger partial charge in [-0.15, -0.1) is 12.4 Å². The number of ether oxygens (including phenoxy) is 1. The normalized spacial score (nSPS) is 16.8. The Bertz CT molecular complexity index is 470. The third kappa shape index (κ3) is 4.50. The van der Waals surface area contributed by atoms with Crippen molar-refractivity contribution in [2.75, 3.05) is 19.7 Å². The second kappa shape index (κ2) is 9.21. The molecule has 1 heterocycles. The van der Waals surface area contributed by atoms with Crippen LogP contribution in [0.2, 0.25) is 0 Å². The summed E-state index contributed by atoms with van der Waals surface area (Å²) in [6, 6.07) is 2.91. The molecule has 1 N–H and O–H groups in total. The van der Waals surface area contributed by atoms with Crippen molar-refractivity contribution in [2.45, 2.75) is 52.0 Å². The second-order valence-corrected chi connectivity index (χ2v) is 5.79. The Hall–Kier alpha value is -1.00. The van der Waals surface area contributed by atoms with Gasteiger partial charge in [0.1, 0.15) is 12.4 Å². The van der Waals surface area contributed by atoms with Crippen molar-refractivity contribution in [3.63, 3.8) is 0 Å². The van der Waals surface area contributed by atoms with Gasteiger partial charge in [0.05, 0.1) is 0 Å². The van der Waals surface area contributed by atoms with E-state index in [1.165, 1.54) is 31.4 Å². The lowest BCUT2D eigenvalue weighted by atomic mass is 9.99. The van der Waals surface area contributed by atoms with Gasteiger partial charge in [-0.05, 0) is 44.5 Å². The fourth-order valence-electron chi connectivity index (χ4n) is 2.98. The first-order valence-electron chi connectivity index (χ1n) is 8.04. The number of phenolic OH excluding ortho intramolecular Hbond substituents is 1. The Kier molecular flexibility index (Phi) is 7.97. The summed E-state index contributed by atoms with van der Waals surface area (Å²) in [5, 5.41) is 9.96. The Morgan fingerprint density at radius 3 is 2.68 bits per heavy atom. The number of fused-ring (bicyclic) bond motifs is 1. The van der Waals surface area contributed by atoms with E-state index < -0.39 is 0 Å². The van der Waals surface area contributed by atoms with E-state index in [1.54, 1.807) is 0 Å². The highest BCUT2D eigenvalue weighted by atomic mass is 35.5. The number of nitrogens with zero attached hydrogens (tertiary/aromatic N) is 1. The zero-order chi connectivity index (χ0) is 15.2. The Morgan fingerprint density at radius 1 is 1.23 bits per heavy atom. The third-order valence-electron chi connectivity index (χ3n) is 4.12. The lowest BCUT2D eigenvalue weighted by molar-refractivity contribution is 0.113. The third-order valence-corrected chi connectivity index (χ3v) is 4.12. The van der Waals surface area contributed by atoms with Gasteiger partial charge in [-0.2, -0.15) is 0 Å². The summed E-state index contributed by atoms with van der Waals surface area (Å²) in [5.74, 6) is -0.00774. The molecule has 1 unspecified atom stereocenters. The number of hydrogen-bond donors (Lipinski definition) is 1. The molecule has 1 aromatic rings. The lowest BCUT2D eigenvalue weighted by Gasteiger charge is -2.35. The predicted octanol–water partition coefficient (Wildman–Crippen LogP) is 4.16. The van der Waals surface area contributed by atoms with E-state index in [0.717, 1.165) is 19.5 Å². The molecule has 2 rings (SSSR count). The van der Waals surface area contributed by atoms with Crippen molar-refractivity contribution in [3.8, 4) is 11.5 Å². The van der Waals surface area contributed by atoms with Gasteiger partial charge in [0, 0.05) is 11.6 Å². The maximum atomic E-state index is 13.7. The van der Waals surface area contributed by atoms with E-state index in [9.17, 15) is 9.50 Å². The molecule has 0 amide bonds. The van der Waals surface area contributed by atoms with Crippen LogP contribution in [0.25, 0.3) is 0 Å². The first kappa shape index (κ1) is 19.0. The molecule has 0 bridgehead atoms. The fourth-order valence-corrected chi connectivity index (χ4v) is 2.98. The van der Waals surface area contributed by atoms with Crippen molar-refractivity contribution >= 4 is 12.4 Å². The summed E-state index contributed by atoms with van der Waals surface area (Å²) in [6.45, 7) is 6.93. The van der Waals surface area contributed by atoms with Gasteiger partial charge in [0.25, 0.3) is 0 Å². The maximum Gasteiger partial charge on any atom is 0.165 e. The summed E-state index contributed by atoms with van der Waals surface area (Å²) in [4.78, 5) is 2.42. The molecule has 0 radical (unpaired) electrons. The largest absolute Gasteiger partial charge is 0.508 e. The van der Waals surface area contributed by atoms with E-state index in [0.29, 0.717) is 18.6 Å². The molecule has 126 valence electrons. The van der Waals surface area contributed by atoms with Crippen LogP contribution in [0.15, 0.2) is 12.1 Å². The van der Waals surface area contributed by atoms with Crippen LogP contribution in [0.3, 0.4) is 0 Å². The molecular formula is C17H27ClFNO2. The fraction of sp³-hybridized carbons (Fsp3) is 0.647. The molecule has 0 fully saturated rings. The number of aromatic hydroxyl groups is 1. The van der Waals surface area contributed by atoms with E-state index in [-0.39, 0.29) is 35.8 Å². The molecule has 1 atom stereocenters. The summed E-state index contributed by atoms with van der Waals surface area (Å²) >= 11 is 0. The quantitative estimate of drug-likeness (QED) is 0.761. The van der Waals surface area contributed by atoms with Crippen molar-refractivity contribution in [1.29, 1.82) is 0 Å². The van der Waals surface area contributed by atoms with E-state index in [1.807, 2.05) is 0 Å². The van der Waals surface area contributed by atoms with E-state index in [2.05, 4.69) is 18.7 Å². The number of rotatable bonds is 7. The zero-order valence-corrected chi connectivity index (χ0v) is 14.3. The standard InChI is InChI=1S/C17H26FNO2.ClH/c1-3-5-6-10-19(9-4-2)13-11-14-16(20)8-7-15(18)17(14)21-12-13;/h7-8,13,20H,3-6,9-12H2,1-2H3;1H. The highest BCUT2D eigenvalue weighted by molar-refractivity contribution is 5.85. The minimum absolute atomic E-state index is 0. The van der Waals surface area contributed by atoms with Crippen LogP contribution < -0.4 is 4.74 Å². The molecule has 1 aromatic carbocycles. The highest BCUT2D eigenvalue weighted by Crippen LogP contribution is 2.35. The average Bonchev–Trinajstić information content (AvgIpc) is 2.50. The molecule has 3 nitrogen and oxygen atoms in total. The summed E-state index contributed by atoms with van der Waals surface area (Å²) < 4.78 is 19.3. The zero-order valence-electron chi connectivity index (χ0n) is 13.5. The van der Waals surface area contributed by atoms with Gasteiger partial charge in [0.2, 0.25) is 0 Å². The van der Waals surface area contributed by atoms with Crippen molar-refractivity contribution in [2.24, 2.45) is 0 Å². The van der Waals surface area contributed by atoms with Gasteiger partial charge in [-0.25, -0.2) is 4.39 Å². The van der Waals surface area contributed by atoms with E-state index >= 15 is 0 Å². The van der Waals surface area contributed by atoms with Gasteiger partial charge in [-0.1, -0.05) is 26.7 Å². The number of unbranched alkanes of at least 4 members (excludes halogenated alkanes) is 2. The molecule has 22 heavy (non-hydrogen) atoms. The lowest BCUT2D eigenvalue weighted by Crippen LogP contribution is -2.44. The molecular weight excluding hydrogens is 305 g/mol. The summed E-state index contributed by atoms with van der Waals surface area (Å²) in [5.41, 5.74) is 0.614. The second-order valence-electron chi connectivity index (χ2n) is 5.79. The van der Waals surface area contributed by atoms with Crippen molar-refractivity contribution in [3.05, 3.63) is 23.5 Å². The van der Waals surface area contributed by atoms with Gasteiger partial charge in [0.15, 0.2) is 11.6 Å². The van der Waals surface area contributed by atoms with Crippen LogP contribution in [0.5, 0.6) is 11.5 Å².